The minimum atomic E-state index is -0.265. The van der Waals surface area contributed by atoms with Crippen molar-refractivity contribution < 1.29 is 4.79 Å². The van der Waals surface area contributed by atoms with Crippen LogP contribution in [0.1, 0.15) is 16.1 Å². The van der Waals surface area contributed by atoms with Crippen LogP contribution >= 0.6 is 0 Å². The van der Waals surface area contributed by atoms with Crippen LogP contribution in [0.4, 0.5) is 17.1 Å². The molecule has 1 amide bonds. The first-order chi connectivity index (χ1) is 11.7. The molecule has 0 aliphatic carbocycles. The van der Waals surface area contributed by atoms with Crippen LogP contribution in [-0.2, 0) is 0 Å². The van der Waals surface area contributed by atoms with Crippen molar-refractivity contribution in [3.8, 4) is 6.07 Å². The standard InChI is InChI=1S/C19H14N4O/c20-12-14-5-4-8-16(11-14)22-17-9-10-18(21-13-17)19(24)23-15-6-2-1-3-7-15/h1-11,13,22H,(H,23,24). The molecule has 1 aromatic heterocycles. The largest absolute Gasteiger partial charge is 0.354 e. The van der Waals surface area contributed by atoms with Crippen molar-refractivity contribution in [2.75, 3.05) is 10.6 Å². The molecule has 0 unspecified atom stereocenters. The number of hydrogen-bond acceptors (Lipinski definition) is 4. The molecular weight excluding hydrogens is 300 g/mol. The molecule has 3 aromatic rings. The lowest BCUT2D eigenvalue weighted by Gasteiger charge is -2.08. The van der Waals surface area contributed by atoms with E-state index in [0.29, 0.717) is 11.3 Å². The smallest absolute Gasteiger partial charge is 0.274 e. The summed E-state index contributed by atoms with van der Waals surface area (Å²) in [4.78, 5) is 16.3. The molecule has 0 bridgehead atoms. The van der Waals surface area contributed by atoms with Gasteiger partial charge in [-0.25, -0.2) is 4.98 Å². The molecule has 0 saturated carbocycles. The average molecular weight is 314 g/mol. The quantitative estimate of drug-likeness (QED) is 0.764. The fraction of sp³-hybridized carbons (Fsp3) is 0. The predicted molar refractivity (Wildman–Crippen MR) is 93.1 cm³/mol. The highest BCUT2D eigenvalue weighted by Gasteiger charge is 2.07. The fourth-order valence-electron chi connectivity index (χ4n) is 2.15. The molecule has 0 aliphatic heterocycles. The number of nitrogens with one attached hydrogen (secondary N) is 2. The number of nitrogens with zero attached hydrogens (tertiary/aromatic N) is 2. The van der Waals surface area contributed by atoms with Crippen LogP contribution in [0.2, 0.25) is 0 Å². The molecule has 0 spiro atoms. The van der Waals surface area contributed by atoms with Gasteiger partial charge in [0, 0.05) is 11.4 Å². The van der Waals surface area contributed by atoms with Gasteiger partial charge in [0.25, 0.3) is 5.91 Å². The van der Waals surface area contributed by atoms with Gasteiger partial charge in [-0.3, -0.25) is 4.79 Å². The molecule has 0 aliphatic rings. The van der Waals surface area contributed by atoms with Gasteiger partial charge >= 0.3 is 0 Å². The second-order valence-electron chi connectivity index (χ2n) is 5.07. The van der Waals surface area contributed by atoms with Gasteiger partial charge in [0.15, 0.2) is 0 Å². The van der Waals surface area contributed by atoms with Crippen LogP contribution in [-0.4, -0.2) is 10.9 Å². The van der Waals surface area contributed by atoms with E-state index < -0.39 is 0 Å². The van der Waals surface area contributed by atoms with Crippen molar-refractivity contribution >= 4 is 23.0 Å². The Morgan fingerprint density at radius 2 is 1.71 bits per heavy atom. The topological polar surface area (TPSA) is 77.8 Å². The molecule has 5 heteroatoms. The third-order valence-electron chi connectivity index (χ3n) is 3.31. The summed E-state index contributed by atoms with van der Waals surface area (Å²) >= 11 is 0. The van der Waals surface area contributed by atoms with Crippen LogP contribution < -0.4 is 10.6 Å². The molecule has 3 rings (SSSR count). The van der Waals surface area contributed by atoms with Crippen molar-refractivity contribution in [3.05, 3.63) is 84.2 Å². The number of carbonyl (C=O) groups is 1. The zero-order valence-corrected chi connectivity index (χ0v) is 12.7. The molecule has 0 fully saturated rings. The summed E-state index contributed by atoms with van der Waals surface area (Å²) in [5.74, 6) is -0.265. The normalized spacial score (nSPS) is 9.79. The maximum atomic E-state index is 12.1. The van der Waals surface area contributed by atoms with Gasteiger partial charge in [0.1, 0.15) is 5.69 Å². The lowest BCUT2D eigenvalue weighted by molar-refractivity contribution is 0.102. The number of anilines is 3. The van der Waals surface area contributed by atoms with Crippen molar-refractivity contribution in [3.63, 3.8) is 0 Å². The monoisotopic (exact) mass is 314 g/mol. The lowest BCUT2D eigenvalue weighted by atomic mass is 10.2. The van der Waals surface area contributed by atoms with Gasteiger partial charge in [0.05, 0.1) is 23.5 Å². The van der Waals surface area contributed by atoms with Crippen molar-refractivity contribution in [1.82, 2.24) is 4.98 Å². The van der Waals surface area contributed by atoms with E-state index in [4.69, 9.17) is 5.26 Å². The van der Waals surface area contributed by atoms with E-state index in [-0.39, 0.29) is 5.91 Å². The number of rotatable bonds is 4. The van der Waals surface area contributed by atoms with E-state index >= 15 is 0 Å². The zero-order chi connectivity index (χ0) is 16.8. The Morgan fingerprint density at radius 3 is 2.42 bits per heavy atom. The second kappa shape index (κ2) is 7.07. The van der Waals surface area contributed by atoms with E-state index in [1.807, 2.05) is 36.4 Å². The van der Waals surface area contributed by atoms with Gasteiger partial charge in [-0.15, -0.1) is 0 Å². The number of pyridine rings is 1. The van der Waals surface area contributed by atoms with Gasteiger partial charge in [-0.2, -0.15) is 5.26 Å². The number of carbonyl (C=O) groups excluding carboxylic acids is 1. The van der Waals surface area contributed by atoms with Gasteiger partial charge in [-0.05, 0) is 42.5 Å². The Kier molecular flexibility index (Phi) is 4.50. The summed E-state index contributed by atoms with van der Waals surface area (Å²) in [6.45, 7) is 0. The van der Waals surface area contributed by atoms with Crippen LogP contribution in [0.15, 0.2) is 72.9 Å². The van der Waals surface area contributed by atoms with Crippen LogP contribution in [0, 0.1) is 11.3 Å². The highest BCUT2D eigenvalue weighted by Crippen LogP contribution is 2.17. The Bertz CT molecular complexity index is 883. The maximum Gasteiger partial charge on any atom is 0.274 e. The van der Waals surface area contributed by atoms with Gasteiger partial charge < -0.3 is 10.6 Å². The Morgan fingerprint density at radius 1 is 0.917 bits per heavy atom. The SMILES string of the molecule is N#Cc1cccc(Nc2ccc(C(=O)Nc3ccccc3)nc2)c1. The molecular formula is C19H14N4O. The van der Waals surface area contributed by atoms with Crippen molar-refractivity contribution in [2.24, 2.45) is 0 Å². The summed E-state index contributed by atoms with van der Waals surface area (Å²) in [6.07, 6.45) is 1.58. The minimum absolute atomic E-state index is 0.265. The number of hydrogen-bond donors (Lipinski definition) is 2. The molecule has 116 valence electrons. The van der Waals surface area contributed by atoms with Crippen LogP contribution in [0.3, 0.4) is 0 Å². The van der Waals surface area contributed by atoms with E-state index in [9.17, 15) is 4.79 Å². The molecule has 5 nitrogen and oxygen atoms in total. The number of amides is 1. The number of para-hydroxylation sites is 1. The van der Waals surface area contributed by atoms with E-state index in [2.05, 4.69) is 21.7 Å². The molecule has 24 heavy (non-hydrogen) atoms. The fourth-order valence-corrected chi connectivity index (χ4v) is 2.15. The second-order valence-corrected chi connectivity index (χ2v) is 5.07. The summed E-state index contributed by atoms with van der Waals surface area (Å²) in [7, 11) is 0. The summed E-state index contributed by atoms with van der Waals surface area (Å²) < 4.78 is 0. The minimum Gasteiger partial charge on any atom is -0.354 e. The Balaban J connectivity index is 1.69. The van der Waals surface area contributed by atoms with Crippen molar-refractivity contribution in [1.29, 1.82) is 5.26 Å². The number of aromatic nitrogens is 1. The first-order valence-electron chi connectivity index (χ1n) is 7.34. The first-order valence-corrected chi connectivity index (χ1v) is 7.34. The Hall–Kier alpha value is -3.65. The third kappa shape index (κ3) is 3.76. The van der Waals surface area contributed by atoms with E-state index in [0.717, 1.165) is 17.1 Å². The molecule has 0 saturated heterocycles. The van der Waals surface area contributed by atoms with E-state index in [1.165, 1.54) is 0 Å². The van der Waals surface area contributed by atoms with Gasteiger partial charge in [0.2, 0.25) is 0 Å². The van der Waals surface area contributed by atoms with Crippen LogP contribution in [0.25, 0.3) is 0 Å². The molecule has 0 atom stereocenters. The van der Waals surface area contributed by atoms with E-state index in [1.54, 1.807) is 36.5 Å². The lowest BCUT2D eigenvalue weighted by Crippen LogP contribution is -2.13. The van der Waals surface area contributed by atoms with Gasteiger partial charge in [-0.1, -0.05) is 24.3 Å². The number of nitriles is 1. The van der Waals surface area contributed by atoms with Crippen LogP contribution in [0.5, 0.6) is 0 Å². The maximum absolute atomic E-state index is 12.1. The summed E-state index contributed by atoms with van der Waals surface area (Å²) in [5, 5.41) is 14.8. The summed E-state index contributed by atoms with van der Waals surface area (Å²) in [6, 6.07) is 21.9. The highest BCUT2D eigenvalue weighted by atomic mass is 16.1. The third-order valence-corrected chi connectivity index (χ3v) is 3.31. The molecule has 2 N–H and O–H groups in total. The molecule has 0 radical (unpaired) electrons. The highest BCUT2D eigenvalue weighted by molar-refractivity contribution is 6.02. The number of benzene rings is 2. The zero-order valence-electron chi connectivity index (χ0n) is 12.7. The predicted octanol–water partition coefficient (Wildman–Crippen LogP) is 3.95. The molecule has 2 aromatic carbocycles. The van der Waals surface area contributed by atoms with Crippen molar-refractivity contribution in [2.45, 2.75) is 0 Å². The Labute approximate surface area is 139 Å². The first kappa shape index (κ1) is 15.3. The molecule has 1 heterocycles. The average Bonchev–Trinajstić information content (AvgIpc) is 2.63. The summed E-state index contributed by atoms with van der Waals surface area (Å²) in [5.41, 5.74) is 3.15.